The Morgan fingerprint density at radius 2 is 1.72 bits per heavy atom. The van der Waals surface area contributed by atoms with E-state index in [2.05, 4.69) is 10.6 Å². The predicted molar refractivity (Wildman–Crippen MR) is 69.5 cm³/mol. The van der Waals surface area contributed by atoms with E-state index in [0.717, 1.165) is 5.69 Å². The first-order valence-corrected chi connectivity index (χ1v) is 5.59. The molecule has 0 aliphatic carbocycles. The van der Waals surface area contributed by atoms with E-state index in [1.165, 1.54) is 7.11 Å². The van der Waals surface area contributed by atoms with Crippen molar-refractivity contribution >= 4 is 17.6 Å². The number of rotatable bonds is 4. The number of amides is 1. The first-order chi connectivity index (χ1) is 8.40. The van der Waals surface area contributed by atoms with Gasteiger partial charge in [0, 0.05) is 18.3 Å². The van der Waals surface area contributed by atoms with Crippen LogP contribution in [0.3, 0.4) is 0 Å². The number of carbonyl (C=O) groups is 2. The fraction of sp³-hybridized carbons (Fsp3) is 0.385. The minimum absolute atomic E-state index is 0.145. The highest BCUT2D eigenvalue weighted by Crippen LogP contribution is 2.17. The molecule has 0 aromatic heterocycles. The second kappa shape index (κ2) is 5.53. The molecule has 18 heavy (non-hydrogen) atoms. The fourth-order valence-corrected chi connectivity index (χ4v) is 1.52. The van der Waals surface area contributed by atoms with E-state index in [0.29, 0.717) is 5.56 Å². The number of benzene rings is 1. The summed E-state index contributed by atoms with van der Waals surface area (Å²) < 4.78 is 4.70. The SMILES string of the molecule is CNC(=O)c1ccc(NC(C)(C)C(=O)OC)cc1. The highest BCUT2D eigenvalue weighted by atomic mass is 16.5. The maximum Gasteiger partial charge on any atom is 0.330 e. The van der Waals surface area contributed by atoms with E-state index in [1.54, 1.807) is 45.2 Å². The Hall–Kier alpha value is -2.04. The first-order valence-electron chi connectivity index (χ1n) is 5.59. The van der Waals surface area contributed by atoms with Gasteiger partial charge in [-0.2, -0.15) is 0 Å². The van der Waals surface area contributed by atoms with Crippen LogP contribution in [-0.4, -0.2) is 31.6 Å². The van der Waals surface area contributed by atoms with Crippen LogP contribution in [0.15, 0.2) is 24.3 Å². The van der Waals surface area contributed by atoms with Gasteiger partial charge in [0.05, 0.1) is 7.11 Å². The van der Waals surface area contributed by atoms with Crippen LogP contribution in [0.2, 0.25) is 0 Å². The Morgan fingerprint density at radius 3 is 2.17 bits per heavy atom. The van der Waals surface area contributed by atoms with E-state index < -0.39 is 5.54 Å². The summed E-state index contributed by atoms with van der Waals surface area (Å²) in [6, 6.07) is 6.87. The van der Waals surface area contributed by atoms with Crippen molar-refractivity contribution in [2.24, 2.45) is 0 Å². The molecule has 0 saturated heterocycles. The molecule has 0 aliphatic heterocycles. The summed E-state index contributed by atoms with van der Waals surface area (Å²) in [4.78, 5) is 22.9. The molecule has 1 aromatic carbocycles. The molecule has 0 fully saturated rings. The average molecular weight is 250 g/mol. The molecular formula is C13H18N2O3. The van der Waals surface area contributed by atoms with Crippen molar-refractivity contribution < 1.29 is 14.3 Å². The molecule has 1 rings (SSSR count). The van der Waals surface area contributed by atoms with Gasteiger partial charge in [-0.25, -0.2) is 4.79 Å². The Bertz CT molecular complexity index is 438. The number of anilines is 1. The molecule has 0 heterocycles. The van der Waals surface area contributed by atoms with Gasteiger partial charge in [-0.05, 0) is 38.1 Å². The third-order valence-electron chi connectivity index (χ3n) is 2.53. The van der Waals surface area contributed by atoms with Gasteiger partial charge in [-0.3, -0.25) is 4.79 Å². The van der Waals surface area contributed by atoms with Gasteiger partial charge in [-0.1, -0.05) is 0 Å². The second-order valence-electron chi connectivity index (χ2n) is 4.40. The molecule has 1 aromatic rings. The third-order valence-corrected chi connectivity index (χ3v) is 2.53. The lowest BCUT2D eigenvalue weighted by atomic mass is 10.1. The zero-order chi connectivity index (χ0) is 13.8. The fourth-order valence-electron chi connectivity index (χ4n) is 1.52. The Morgan fingerprint density at radius 1 is 1.17 bits per heavy atom. The molecular weight excluding hydrogens is 232 g/mol. The molecule has 98 valence electrons. The van der Waals surface area contributed by atoms with Crippen LogP contribution in [-0.2, 0) is 9.53 Å². The van der Waals surface area contributed by atoms with Crippen molar-refractivity contribution in [3.05, 3.63) is 29.8 Å². The highest BCUT2D eigenvalue weighted by molar-refractivity contribution is 5.94. The highest BCUT2D eigenvalue weighted by Gasteiger charge is 2.28. The third kappa shape index (κ3) is 3.23. The number of hydrogen-bond donors (Lipinski definition) is 2. The van der Waals surface area contributed by atoms with Crippen molar-refractivity contribution in [1.29, 1.82) is 0 Å². The summed E-state index contributed by atoms with van der Waals surface area (Å²) in [5.74, 6) is -0.494. The van der Waals surface area contributed by atoms with Gasteiger partial charge < -0.3 is 15.4 Å². The van der Waals surface area contributed by atoms with E-state index in [9.17, 15) is 9.59 Å². The van der Waals surface area contributed by atoms with Crippen molar-refractivity contribution in [3.63, 3.8) is 0 Å². The Labute approximate surface area is 107 Å². The smallest absolute Gasteiger partial charge is 0.330 e. The Balaban J connectivity index is 2.81. The molecule has 0 bridgehead atoms. The lowest BCUT2D eigenvalue weighted by molar-refractivity contribution is -0.144. The van der Waals surface area contributed by atoms with Crippen molar-refractivity contribution in [3.8, 4) is 0 Å². The molecule has 5 heteroatoms. The quantitative estimate of drug-likeness (QED) is 0.793. The summed E-state index contributed by atoms with van der Waals surface area (Å²) in [5.41, 5.74) is 0.500. The minimum Gasteiger partial charge on any atom is -0.467 e. The van der Waals surface area contributed by atoms with E-state index in [1.807, 2.05) is 0 Å². The predicted octanol–water partition coefficient (Wildman–Crippen LogP) is 1.41. The maximum atomic E-state index is 11.5. The summed E-state index contributed by atoms with van der Waals surface area (Å²) in [6.45, 7) is 3.46. The van der Waals surface area contributed by atoms with E-state index in [4.69, 9.17) is 4.74 Å². The largest absolute Gasteiger partial charge is 0.467 e. The van der Waals surface area contributed by atoms with Gasteiger partial charge >= 0.3 is 5.97 Å². The van der Waals surface area contributed by atoms with E-state index in [-0.39, 0.29) is 11.9 Å². The molecule has 2 N–H and O–H groups in total. The van der Waals surface area contributed by atoms with Crippen LogP contribution in [0, 0.1) is 0 Å². The van der Waals surface area contributed by atoms with Crippen LogP contribution in [0.5, 0.6) is 0 Å². The zero-order valence-electron chi connectivity index (χ0n) is 11.0. The molecule has 0 atom stereocenters. The normalized spacial score (nSPS) is 10.7. The molecule has 0 radical (unpaired) electrons. The number of hydrogen-bond acceptors (Lipinski definition) is 4. The molecule has 0 saturated carbocycles. The van der Waals surface area contributed by atoms with Crippen LogP contribution in [0.25, 0.3) is 0 Å². The standard InChI is InChI=1S/C13H18N2O3/c1-13(2,12(17)18-4)15-10-7-5-9(6-8-10)11(16)14-3/h5-8,15H,1-4H3,(H,14,16). The van der Waals surface area contributed by atoms with Crippen LogP contribution >= 0.6 is 0 Å². The summed E-state index contributed by atoms with van der Waals surface area (Å²) in [6.07, 6.45) is 0. The zero-order valence-corrected chi connectivity index (χ0v) is 11.0. The lowest BCUT2D eigenvalue weighted by Gasteiger charge is -2.24. The molecule has 1 amide bonds. The molecule has 0 aliphatic rings. The molecule has 5 nitrogen and oxygen atoms in total. The number of esters is 1. The lowest BCUT2D eigenvalue weighted by Crippen LogP contribution is -2.41. The van der Waals surface area contributed by atoms with Gasteiger partial charge in [0.1, 0.15) is 5.54 Å². The van der Waals surface area contributed by atoms with Gasteiger partial charge in [0.2, 0.25) is 0 Å². The average Bonchev–Trinajstić information content (AvgIpc) is 2.37. The first kappa shape index (κ1) is 14.0. The number of ether oxygens (including phenoxy) is 1. The van der Waals surface area contributed by atoms with Crippen LogP contribution in [0.4, 0.5) is 5.69 Å². The second-order valence-corrected chi connectivity index (χ2v) is 4.40. The molecule has 0 unspecified atom stereocenters. The maximum absolute atomic E-state index is 11.5. The van der Waals surface area contributed by atoms with E-state index >= 15 is 0 Å². The van der Waals surface area contributed by atoms with Gasteiger partial charge in [0.15, 0.2) is 0 Å². The summed E-state index contributed by atoms with van der Waals surface area (Å²) in [5, 5.41) is 5.59. The van der Waals surface area contributed by atoms with Crippen LogP contribution < -0.4 is 10.6 Å². The topological polar surface area (TPSA) is 67.4 Å². The number of methoxy groups -OCH3 is 1. The Kier molecular flexibility index (Phi) is 4.31. The van der Waals surface area contributed by atoms with Crippen molar-refractivity contribution in [1.82, 2.24) is 5.32 Å². The van der Waals surface area contributed by atoms with Gasteiger partial charge in [-0.15, -0.1) is 0 Å². The minimum atomic E-state index is -0.816. The van der Waals surface area contributed by atoms with Crippen molar-refractivity contribution in [2.75, 3.05) is 19.5 Å². The number of nitrogens with one attached hydrogen (secondary N) is 2. The summed E-state index contributed by atoms with van der Waals surface area (Å²) >= 11 is 0. The monoisotopic (exact) mass is 250 g/mol. The van der Waals surface area contributed by atoms with Gasteiger partial charge in [0.25, 0.3) is 5.91 Å². The van der Waals surface area contributed by atoms with Crippen molar-refractivity contribution in [2.45, 2.75) is 19.4 Å². The number of carbonyl (C=O) groups excluding carboxylic acids is 2. The molecule has 0 spiro atoms. The summed E-state index contributed by atoms with van der Waals surface area (Å²) in [7, 11) is 2.93. The van der Waals surface area contributed by atoms with Crippen LogP contribution in [0.1, 0.15) is 24.2 Å².